The molecule has 1 amide bonds. The van der Waals surface area contributed by atoms with Crippen molar-refractivity contribution in [3.63, 3.8) is 0 Å². The van der Waals surface area contributed by atoms with Gasteiger partial charge in [-0.05, 0) is 20.8 Å². The van der Waals surface area contributed by atoms with E-state index in [2.05, 4.69) is 15.3 Å². The molecule has 6 nitrogen and oxygen atoms in total. The Hall–Kier alpha value is -1.40. The van der Waals surface area contributed by atoms with E-state index in [4.69, 9.17) is 5.73 Å². The van der Waals surface area contributed by atoms with E-state index in [1.54, 1.807) is 4.68 Å². The zero-order chi connectivity index (χ0) is 14.2. The van der Waals surface area contributed by atoms with Crippen LogP contribution in [-0.4, -0.2) is 45.3 Å². The number of aromatic nitrogens is 2. The summed E-state index contributed by atoms with van der Waals surface area (Å²) in [5.74, 6) is 0.0493. The van der Waals surface area contributed by atoms with Crippen molar-refractivity contribution in [3.8, 4) is 0 Å². The summed E-state index contributed by atoms with van der Waals surface area (Å²) in [7, 11) is 1.88. The Morgan fingerprint density at radius 2 is 2.21 bits per heavy atom. The second-order valence-electron chi connectivity index (χ2n) is 5.76. The molecule has 2 heterocycles. The quantitative estimate of drug-likeness (QED) is 0.808. The van der Waals surface area contributed by atoms with Crippen molar-refractivity contribution < 1.29 is 4.79 Å². The summed E-state index contributed by atoms with van der Waals surface area (Å²) < 4.78 is 1.77. The first-order valence-corrected chi connectivity index (χ1v) is 6.63. The molecule has 3 N–H and O–H groups in total. The molecule has 0 bridgehead atoms. The summed E-state index contributed by atoms with van der Waals surface area (Å²) in [6.45, 7) is 7.30. The van der Waals surface area contributed by atoms with Crippen molar-refractivity contribution in [3.05, 3.63) is 18.0 Å². The number of piperazine rings is 1. The van der Waals surface area contributed by atoms with Crippen molar-refractivity contribution in [2.75, 3.05) is 13.1 Å². The molecule has 1 aliphatic rings. The van der Waals surface area contributed by atoms with E-state index in [9.17, 15) is 4.79 Å². The summed E-state index contributed by atoms with van der Waals surface area (Å²) in [6.07, 6.45) is 3.80. The van der Waals surface area contributed by atoms with Gasteiger partial charge in [-0.1, -0.05) is 0 Å². The molecular weight excluding hydrogens is 242 g/mol. The van der Waals surface area contributed by atoms with Crippen molar-refractivity contribution in [1.82, 2.24) is 20.0 Å². The third kappa shape index (κ3) is 2.50. The van der Waals surface area contributed by atoms with Gasteiger partial charge in [0.05, 0.1) is 17.8 Å². The highest BCUT2D eigenvalue weighted by atomic mass is 16.2. The molecule has 1 saturated heterocycles. The fourth-order valence-electron chi connectivity index (χ4n) is 2.76. The minimum Gasteiger partial charge on any atom is -0.353 e. The van der Waals surface area contributed by atoms with Gasteiger partial charge in [0.25, 0.3) is 0 Å². The smallest absolute Gasteiger partial charge is 0.240 e. The fraction of sp³-hybridized carbons (Fsp3) is 0.692. The number of carbonyl (C=O) groups excluding carboxylic acids is 1. The van der Waals surface area contributed by atoms with Gasteiger partial charge in [0.15, 0.2) is 0 Å². The summed E-state index contributed by atoms with van der Waals surface area (Å²) in [5, 5.41) is 7.13. The standard InChI is InChI=1S/C13H23N5O/c1-9(14)11(10-7-16-17(4)8-10)18-6-5-15-12(19)13(18,2)3/h7-9,11H,5-6,14H2,1-4H3,(H,15,19). The molecule has 19 heavy (non-hydrogen) atoms. The van der Waals surface area contributed by atoms with E-state index in [-0.39, 0.29) is 18.0 Å². The lowest BCUT2D eigenvalue weighted by molar-refractivity contribution is -0.137. The largest absolute Gasteiger partial charge is 0.353 e. The molecule has 1 aromatic rings. The molecule has 0 radical (unpaired) electrons. The average molecular weight is 265 g/mol. The molecular formula is C13H23N5O. The predicted octanol–water partition coefficient (Wildman–Crippen LogP) is 0.0188. The van der Waals surface area contributed by atoms with Gasteiger partial charge in [0.2, 0.25) is 5.91 Å². The number of nitrogens with one attached hydrogen (secondary N) is 1. The minimum absolute atomic E-state index is 0.00486. The van der Waals surface area contributed by atoms with Crippen LogP contribution < -0.4 is 11.1 Å². The van der Waals surface area contributed by atoms with Crippen LogP contribution in [0, 0.1) is 0 Å². The van der Waals surface area contributed by atoms with Crippen molar-refractivity contribution in [2.24, 2.45) is 12.8 Å². The van der Waals surface area contributed by atoms with Crippen LogP contribution in [0.3, 0.4) is 0 Å². The number of rotatable bonds is 3. The number of carbonyl (C=O) groups is 1. The lowest BCUT2D eigenvalue weighted by Crippen LogP contribution is -2.64. The number of nitrogens with two attached hydrogens (primary N) is 1. The van der Waals surface area contributed by atoms with E-state index in [1.807, 2.05) is 40.2 Å². The number of aryl methyl sites for hydroxylation is 1. The number of amides is 1. The van der Waals surface area contributed by atoms with Gasteiger partial charge >= 0.3 is 0 Å². The maximum absolute atomic E-state index is 12.1. The van der Waals surface area contributed by atoms with Crippen LogP contribution in [0.4, 0.5) is 0 Å². The Kier molecular flexibility index (Phi) is 3.64. The zero-order valence-electron chi connectivity index (χ0n) is 12.1. The first-order valence-electron chi connectivity index (χ1n) is 6.63. The van der Waals surface area contributed by atoms with Crippen molar-refractivity contribution in [1.29, 1.82) is 0 Å². The van der Waals surface area contributed by atoms with Crippen LogP contribution >= 0.6 is 0 Å². The highest BCUT2D eigenvalue weighted by Gasteiger charge is 2.43. The minimum atomic E-state index is -0.563. The molecule has 0 saturated carbocycles. The molecule has 6 heteroatoms. The van der Waals surface area contributed by atoms with Gasteiger partial charge in [-0.25, -0.2) is 0 Å². The SMILES string of the molecule is CC(N)C(c1cnn(C)c1)N1CCNC(=O)C1(C)C. The van der Waals surface area contributed by atoms with Gasteiger partial charge in [0, 0.05) is 37.9 Å². The Labute approximate surface area is 113 Å². The van der Waals surface area contributed by atoms with Crippen LogP contribution in [0.15, 0.2) is 12.4 Å². The molecule has 2 atom stereocenters. The second-order valence-corrected chi connectivity index (χ2v) is 5.76. The van der Waals surface area contributed by atoms with Crippen LogP contribution in [0.1, 0.15) is 32.4 Å². The Morgan fingerprint density at radius 1 is 1.53 bits per heavy atom. The van der Waals surface area contributed by atoms with Gasteiger partial charge < -0.3 is 11.1 Å². The molecule has 2 rings (SSSR count). The molecule has 0 aromatic carbocycles. The molecule has 1 aliphatic heterocycles. The Balaban J connectivity index is 2.36. The maximum atomic E-state index is 12.1. The van der Waals surface area contributed by atoms with E-state index in [1.165, 1.54) is 0 Å². The summed E-state index contributed by atoms with van der Waals surface area (Å²) in [4.78, 5) is 14.2. The predicted molar refractivity (Wildman–Crippen MR) is 73.4 cm³/mol. The van der Waals surface area contributed by atoms with E-state index in [0.29, 0.717) is 6.54 Å². The third-order valence-electron chi connectivity index (χ3n) is 3.81. The normalized spacial score (nSPS) is 22.9. The molecule has 2 unspecified atom stereocenters. The highest BCUT2D eigenvalue weighted by molar-refractivity contribution is 5.86. The average Bonchev–Trinajstić information content (AvgIpc) is 2.71. The van der Waals surface area contributed by atoms with Crippen molar-refractivity contribution in [2.45, 2.75) is 38.4 Å². The van der Waals surface area contributed by atoms with E-state index >= 15 is 0 Å². The van der Waals surface area contributed by atoms with Gasteiger partial charge in [-0.2, -0.15) is 5.10 Å². The molecule has 106 valence electrons. The molecule has 1 fully saturated rings. The van der Waals surface area contributed by atoms with Crippen molar-refractivity contribution >= 4 is 5.91 Å². The first kappa shape index (κ1) is 14.0. The lowest BCUT2D eigenvalue weighted by atomic mass is 9.91. The summed E-state index contributed by atoms with van der Waals surface area (Å²) in [5.41, 5.74) is 6.66. The maximum Gasteiger partial charge on any atom is 0.240 e. The lowest BCUT2D eigenvalue weighted by Gasteiger charge is -2.46. The van der Waals surface area contributed by atoms with Gasteiger partial charge in [0.1, 0.15) is 0 Å². The molecule has 0 spiro atoms. The van der Waals surface area contributed by atoms with E-state index in [0.717, 1.165) is 12.1 Å². The molecule has 0 aliphatic carbocycles. The monoisotopic (exact) mass is 265 g/mol. The Bertz CT molecular complexity index is 465. The number of hydrogen-bond donors (Lipinski definition) is 2. The zero-order valence-corrected chi connectivity index (χ0v) is 12.1. The van der Waals surface area contributed by atoms with Gasteiger partial charge in [-0.3, -0.25) is 14.4 Å². The van der Waals surface area contributed by atoms with Crippen LogP contribution in [0.2, 0.25) is 0 Å². The van der Waals surface area contributed by atoms with Gasteiger partial charge in [-0.15, -0.1) is 0 Å². The first-order chi connectivity index (χ1) is 8.84. The molecule has 1 aromatic heterocycles. The summed E-state index contributed by atoms with van der Waals surface area (Å²) in [6, 6.07) is -0.0795. The fourth-order valence-corrected chi connectivity index (χ4v) is 2.76. The topological polar surface area (TPSA) is 76.2 Å². The van der Waals surface area contributed by atoms with Crippen LogP contribution in [0.25, 0.3) is 0 Å². The second kappa shape index (κ2) is 4.94. The highest BCUT2D eigenvalue weighted by Crippen LogP contribution is 2.31. The van der Waals surface area contributed by atoms with Crippen LogP contribution in [0.5, 0.6) is 0 Å². The number of nitrogens with zero attached hydrogens (tertiary/aromatic N) is 3. The summed E-state index contributed by atoms with van der Waals surface area (Å²) >= 11 is 0. The Morgan fingerprint density at radius 3 is 2.74 bits per heavy atom. The number of hydrogen-bond acceptors (Lipinski definition) is 4. The third-order valence-corrected chi connectivity index (χ3v) is 3.81. The van der Waals surface area contributed by atoms with Crippen LogP contribution in [-0.2, 0) is 11.8 Å². The van der Waals surface area contributed by atoms with E-state index < -0.39 is 5.54 Å².